The van der Waals surface area contributed by atoms with Crippen LogP contribution in [0.15, 0.2) is 60.7 Å². The van der Waals surface area contributed by atoms with Crippen LogP contribution in [0.5, 0.6) is 11.5 Å². The van der Waals surface area contributed by atoms with Crippen molar-refractivity contribution < 1.29 is 19.8 Å². The molecule has 2 N–H and O–H groups in total. The Morgan fingerprint density at radius 3 is 1.83 bits per heavy atom. The molecule has 1 aliphatic carbocycles. The molecule has 4 rings (SSSR count). The summed E-state index contributed by atoms with van der Waals surface area (Å²) >= 11 is 0. The number of phenolic OH excluding ortho intramolecular Hbond substituents is 2. The van der Waals surface area contributed by atoms with Gasteiger partial charge in [-0.2, -0.15) is 0 Å². The van der Waals surface area contributed by atoms with Crippen molar-refractivity contribution in [1.29, 1.82) is 0 Å². The van der Waals surface area contributed by atoms with E-state index in [2.05, 4.69) is 0 Å². The van der Waals surface area contributed by atoms with Crippen LogP contribution in [0.1, 0.15) is 31.8 Å². The highest BCUT2D eigenvalue weighted by Crippen LogP contribution is 2.37. The number of phenols is 2. The molecule has 0 atom stereocenters. The molecular weight excluding hydrogens is 304 g/mol. The lowest BCUT2D eigenvalue weighted by molar-refractivity contribution is 0.0977. The Kier molecular flexibility index (Phi) is 3.00. The second kappa shape index (κ2) is 5.06. The van der Waals surface area contributed by atoms with E-state index in [0.717, 1.165) is 5.56 Å². The van der Waals surface area contributed by atoms with Gasteiger partial charge >= 0.3 is 0 Å². The third kappa shape index (κ3) is 1.93. The molecule has 0 bridgehead atoms. The second-order valence-electron chi connectivity index (χ2n) is 5.63. The first-order chi connectivity index (χ1) is 11.6. The summed E-state index contributed by atoms with van der Waals surface area (Å²) in [6.45, 7) is 0. The smallest absolute Gasteiger partial charge is 0.198 e. The molecule has 0 fully saturated rings. The number of ketones is 2. The molecule has 3 aromatic carbocycles. The molecule has 4 nitrogen and oxygen atoms in total. The quantitative estimate of drug-likeness (QED) is 0.563. The standard InChI is InChI=1S/C20H12O4/c21-12-9-7-11(8-10-12)13-3-1-4-14-17(13)19(23)15-5-2-6-16(22)18(15)20(14)24/h1-10,21-22H. The van der Waals surface area contributed by atoms with Gasteiger partial charge in [-0.3, -0.25) is 9.59 Å². The Morgan fingerprint density at radius 2 is 1.12 bits per heavy atom. The third-order valence-electron chi connectivity index (χ3n) is 4.23. The SMILES string of the molecule is O=C1c2cccc(-c3ccc(O)cc3)c2C(=O)c2cccc(O)c21. The largest absolute Gasteiger partial charge is 0.508 e. The lowest BCUT2D eigenvalue weighted by Gasteiger charge is -2.21. The second-order valence-corrected chi connectivity index (χ2v) is 5.63. The predicted octanol–water partition coefficient (Wildman–Crippen LogP) is 3.54. The van der Waals surface area contributed by atoms with Crippen LogP contribution < -0.4 is 0 Å². The van der Waals surface area contributed by atoms with Crippen LogP contribution in [-0.2, 0) is 0 Å². The van der Waals surface area contributed by atoms with Crippen LogP contribution in [0.25, 0.3) is 11.1 Å². The maximum absolute atomic E-state index is 13.0. The van der Waals surface area contributed by atoms with Gasteiger partial charge in [0.2, 0.25) is 0 Å². The fraction of sp³-hybridized carbons (Fsp3) is 0. The van der Waals surface area contributed by atoms with Crippen molar-refractivity contribution in [3.63, 3.8) is 0 Å². The fourth-order valence-corrected chi connectivity index (χ4v) is 3.11. The zero-order chi connectivity index (χ0) is 16.8. The molecule has 4 heteroatoms. The minimum absolute atomic E-state index is 0.0536. The first-order valence-corrected chi connectivity index (χ1v) is 7.41. The lowest BCUT2D eigenvalue weighted by Crippen LogP contribution is -2.21. The summed E-state index contributed by atoms with van der Waals surface area (Å²) in [6.07, 6.45) is 0. The first-order valence-electron chi connectivity index (χ1n) is 7.41. The number of carbonyl (C=O) groups excluding carboxylic acids is 2. The molecule has 24 heavy (non-hydrogen) atoms. The van der Waals surface area contributed by atoms with Gasteiger partial charge in [-0.05, 0) is 29.3 Å². The molecular formula is C20H12O4. The number of aromatic hydroxyl groups is 2. The number of benzene rings is 3. The molecule has 0 radical (unpaired) electrons. The summed E-state index contributed by atoms with van der Waals surface area (Å²) in [7, 11) is 0. The van der Waals surface area contributed by atoms with Crippen molar-refractivity contribution in [2.24, 2.45) is 0 Å². The van der Waals surface area contributed by atoms with Crippen LogP contribution in [0, 0.1) is 0 Å². The van der Waals surface area contributed by atoms with Gasteiger partial charge in [0.1, 0.15) is 11.5 Å². The molecule has 1 aliphatic rings. The Labute approximate surface area is 137 Å². The van der Waals surface area contributed by atoms with E-state index in [1.165, 1.54) is 18.2 Å². The van der Waals surface area contributed by atoms with Crippen molar-refractivity contribution in [2.75, 3.05) is 0 Å². The molecule has 0 aliphatic heterocycles. The van der Waals surface area contributed by atoms with Crippen molar-refractivity contribution in [3.8, 4) is 22.6 Å². The van der Waals surface area contributed by atoms with Crippen molar-refractivity contribution in [3.05, 3.63) is 82.9 Å². The summed E-state index contributed by atoms with van der Waals surface area (Å²) in [5.41, 5.74) is 2.22. The van der Waals surface area contributed by atoms with Crippen molar-refractivity contribution >= 4 is 11.6 Å². The Bertz CT molecular complexity index is 1000. The van der Waals surface area contributed by atoms with E-state index in [4.69, 9.17) is 0 Å². The van der Waals surface area contributed by atoms with E-state index < -0.39 is 0 Å². The minimum atomic E-state index is -0.363. The highest BCUT2D eigenvalue weighted by Gasteiger charge is 2.33. The van der Waals surface area contributed by atoms with Crippen molar-refractivity contribution in [1.82, 2.24) is 0 Å². The van der Waals surface area contributed by atoms with Gasteiger partial charge in [-0.1, -0.05) is 42.5 Å². The average Bonchev–Trinajstić information content (AvgIpc) is 2.59. The summed E-state index contributed by atoms with van der Waals surface area (Å²) in [5.74, 6) is -0.717. The van der Waals surface area contributed by atoms with E-state index in [1.54, 1.807) is 42.5 Å². The van der Waals surface area contributed by atoms with Crippen LogP contribution in [0.3, 0.4) is 0 Å². The van der Waals surface area contributed by atoms with Gasteiger partial charge in [0.25, 0.3) is 0 Å². The van der Waals surface area contributed by atoms with E-state index >= 15 is 0 Å². The molecule has 116 valence electrons. The summed E-state index contributed by atoms with van der Waals surface area (Å²) in [6, 6.07) is 16.0. The number of hydrogen-bond donors (Lipinski definition) is 2. The molecule has 0 heterocycles. The van der Waals surface area contributed by atoms with Gasteiger partial charge in [0.15, 0.2) is 11.6 Å². The number of rotatable bonds is 1. The van der Waals surface area contributed by atoms with Gasteiger partial charge in [0, 0.05) is 16.7 Å². The van der Waals surface area contributed by atoms with Crippen molar-refractivity contribution in [2.45, 2.75) is 0 Å². The van der Waals surface area contributed by atoms with Crippen LogP contribution in [-0.4, -0.2) is 21.8 Å². The summed E-state index contributed by atoms with van der Waals surface area (Å²) in [4.78, 5) is 25.7. The topological polar surface area (TPSA) is 74.6 Å². The van der Waals surface area contributed by atoms with E-state index in [-0.39, 0.29) is 39.8 Å². The maximum Gasteiger partial charge on any atom is 0.198 e. The lowest BCUT2D eigenvalue weighted by atomic mass is 9.80. The Balaban J connectivity index is 2.00. The van der Waals surface area contributed by atoms with Crippen LogP contribution >= 0.6 is 0 Å². The fourth-order valence-electron chi connectivity index (χ4n) is 3.11. The normalized spacial score (nSPS) is 12.7. The highest BCUT2D eigenvalue weighted by molar-refractivity contribution is 6.31. The number of carbonyl (C=O) groups is 2. The summed E-state index contributed by atoms with van der Waals surface area (Å²) in [5, 5.41) is 19.4. The van der Waals surface area contributed by atoms with Gasteiger partial charge in [-0.15, -0.1) is 0 Å². The van der Waals surface area contributed by atoms with Gasteiger partial charge in [-0.25, -0.2) is 0 Å². The van der Waals surface area contributed by atoms with Gasteiger partial charge in [0.05, 0.1) is 5.56 Å². The van der Waals surface area contributed by atoms with E-state index in [0.29, 0.717) is 11.1 Å². The third-order valence-corrected chi connectivity index (χ3v) is 4.23. The predicted molar refractivity (Wildman–Crippen MR) is 88.5 cm³/mol. The van der Waals surface area contributed by atoms with Crippen LogP contribution in [0.4, 0.5) is 0 Å². The zero-order valence-electron chi connectivity index (χ0n) is 12.5. The molecule has 0 saturated carbocycles. The first kappa shape index (κ1) is 14.2. The highest BCUT2D eigenvalue weighted by atomic mass is 16.3. The Hall–Kier alpha value is -3.40. The molecule has 0 saturated heterocycles. The molecule has 0 spiro atoms. The summed E-state index contributed by atoms with van der Waals surface area (Å²) < 4.78 is 0. The molecule has 3 aromatic rings. The maximum atomic E-state index is 13.0. The monoisotopic (exact) mass is 316 g/mol. The number of hydrogen-bond acceptors (Lipinski definition) is 4. The molecule has 0 amide bonds. The van der Waals surface area contributed by atoms with Gasteiger partial charge < -0.3 is 10.2 Å². The van der Waals surface area contributed by atoms with E-state index in [9.17, 15) is 19.8 Å². The average molecular weight is 316 g/mol. The molecule has 0 unspecified atom stereocenters. The number of fused-ring (bicyclic) bond motifs is 2. The van der Waals surface area contributed by atoms with Crippen LogP contribution in [0.2, 0.25) is 0 Å². The zero-order valence-corrected chi connectivity index (χ0v) is 12.5. The minimum Gasteiger partial charge on any atom is -0.508 e. The molecule has 0 aromatic heterocycles. The van der Waals surface area contributed by atoms with E-state index in [1.807, 2.05) is 0 Å². The Morgan fingerprint density at radius 1 is 0.583 bits per heavy atom.